The van der Waals surface area contributed by atoms with Gasteiger partial charge in [0.1, 0.15) is 0 Å². The second-order valence-corrected chi connectivity index (χ2v) is 7.39. The molecule has 0 aliphatic heterocycles. The van der Waals surface area contributed by atoms with E-state index in [4.69, 9.17) is 0 Å². The van der Waals surface area contributed by atoms with Gasteiger partial charge in [-0.1, -0.05) is 120 Å². The second-order valence-electron chi connectivity index (χ2n) is 7.39. The molecule has 0 heteroatoms. The van der Waals surface area contributed by atoms with Crippen LogP contribution in [-0.2, 0) is 5.41 Å². The van der Waals surface area contributed by atoms with E-state index in [1.165, 1.54) is 50.1 Å². The van der Waals surface area contributed by atoms with Crippen molar-refractivity contribution in [2.24, 2.45) is 0 Å². The van der Waals surface area contributed by atoms with Crippen LogP contribution >= 0.6 is 0 Å². The smallest absolute Gasteiger partial charge is 0.0725 e. The SMILES string of the molecule is C.C.C.C=C/C=C1\C(=C/C)c2ccccc2C12C(/C=C\C)=C(C=C)c1ccc(C)cc12. The van der Waals surface area contributed by atoms with Crippen LogP contribution in [0, 0.1) is 6.92 Å². The Morgan fingerprint density at radius 1 is 0.871 bits per heavy atom. The first-order chi connectivity index (χ1) is 13.6. The summed E-state index contributed by atoms with van der Waals surface area (Å²) in [4.78, 5) is 0. The molecular formula is C31H38. The molecule has 0 amide bonds. The summed E-state index contributed by atoms with van der Waals surface area (Å²) in [5.74, 6) is 0. The lowest BCUT2D eigenvalue weighted by atomic mass is 9.69. The van der Waals surface area contributed by atoms with Crippen LogP contribution in [-0.4, -0.2) is 0 Å². The molecule has 31 heavy (non-hydrogen) atoms. The van der Waals surface area contributed by atoms with Crippen LogP contribution in [0.4, 0.5) is 0 Å². The molecule has 0 fully saturated rings. The van der Waals surface area contributed by atoms with E-state index in [0.717, 1.165) is 0 Å². The lowest BCUT2D eigenvalue weighted by Gasteiger charge is -2.32. The Morgan fingerprint density at radius 3 is 2.19 bits per heavy atom. The number of hydrogen-bond acceptors (Lipinski definition) is 0. The second kappa shape index (κ2) is 9.79. The Bertz CT molecular complexity index is 1110. The highest BCUT2D eigenvalue weighted by Gasteiger charge is 2.53. The van der Waals surface area contributed by atoms with Gasteiger partial charge < -0.3 is 0 Å². The Kier molecular flexibility index (Phi) is 8.19. The van der Waals surface area contributed by atoms with E-state index >= 15 is 0 Å². The lowest BCUT2D eigenvalue weighted by Crippen LogP contribution is -2.27. The molecule has 0 N–H and O–H groups in total. The summed E-state index contributed by atoms with van der Waals surface area (Å²) in [6.07, 6.45) is 12.8. The van der Waals surface area contributed by atoms with Crippen molar-refractivity contribution in [3.63, 3.8) is 0 Å². The Labute approximate surface area is 190 Å². The number of benzene rings is 2. The number of allylic oxidation sites excluding steroid dienone is 10. The zero-order chi connectivity index (χ0) is 19.9. The Balaban J connectivity index is 0.00000160. The quantitative estimate of drug-likeness (QED) is 0.473. The highest BCUT2D eigenvalue weighted by Crippen LogP contribution is 2.63. The summed E-state index contributed by atoms with van der Waals surface area (Å²) in [7, 11) is 0. The fourth-order valence-corrected chi connectivity index (χ4v) is 5.06. The molecule has 0 radical (unpaired) electrons. The fraction of sp³-hybridized carbons (Fsp3) is 0.226. The van der Waals surface area contributed by atoms with Crippen LogP contribution in [0.2, 0.25) is 0 Å². The fourth-order valence-electron chi connectivity index (χ4n) is 5.06. The Morgan fingerprint density at radius 2 is 1.58 bits per heavy atom. The van der Waals surface area contributed by atoms with Crippen molar-refractivity contribution in [3.05, 3.63) is 131 Å². The van der Waals surface area contributed by atoms with Gasteiger partial charge in [-0.2, -0.15) is 0 Å². The molecule has 0 nitrogen and oxygen atoms in total. The van der Waals surface area contributed by atoms with Crippen LogP contribution in [0.15, 0.2) is 103 Å². The summed E-state index contributed by atoms with van der Waals surface area (Å²) in [5, 5.41) is 0. The van der Waals surface area contributed by atoms with Gasteiger partial charge in [0.2, 0.25) is 0 Å². The van der Waals surface area contributed by atoms with Gasteiger partial charge in [-0.15, -0.1) is 0 Å². The first-order valence-corrected chi connectivity index (χ1v) is 9.86. The van der Waals surface area contributed by atoms with Gasteiger partial charge in [-0.05, 0) is 65.3 Å². The van der Waals surface area contributed by atoms with Crippen molar-refractivity contribution in [1.29, 1.82) is 0 Å². The van der Waals surface area contributed by atoms with Gasteiger partial charge in [0.15, 0.2) is 0 Å². The largest absolute Gasteiger partial charge is 0.0991 e. The van der Waals surface area contributed by atoms with Crippen molar-refractivity contribution >= 4 is 11.1 Å². The summed E-state index contributed by atoms with van der Waals surface area (Å²) in [6.45, 7) is 14.6. The van der Waals surface area contributed by atoms with E-state index in [0.29, 0.717) is 0 Å². The van der Waals surface area contributed by atoms with Gasteiger partial charge in [-0.3, -0.25) is 0 Å². The van der Waals surface area contributed by atoms with E-state index < -0.39 is 0 Å². The molecule has 0 saturated heterocycles. The highest BCUT2D eigenvalue weighted by atomic mass is 14.5. The number of fused-ring (bicyclic) bond motifs is 4. The Hall–Kier alpha value is -3.12. The molecule has 2 aromatic carbocycles. The zero-order valence-electron chi connectivity index (χ0n) is 16.9. The highest BCUT2D eigenvalue weighted by molar-refractivity contribution is 6.01. The van der Waals surface area contributed by atoms with E-state index in [1.807, 2.05) is 12.2 Å². The van der Waals surface area contributed by atoms with Crippen LogP contribution in [0.25, 0.3) is 11.1 Å². The third-order valence-corrected chi connectivity index (χ3v) is 5.99. The molecular weight excluding hydrogens is 372 g/mol. The molecule has 2 aliphatic carbocycles. The molecule has 162 valence electrons. The zero-order valence-corrected chi connectivity index (χ0v) is 16.9. The molecule has 0 bridgehead atoms. The van der Waals surface area contributed by atoms with Crippen molar-refractivity contribution in [2.75, 3.05) is 0 Å². The van der Waals surface area contributed by atoms with Crippen LogP contribution in [0.1, 0.15) is 63.9 Å². The topological polar surface area (TPSA) is 0 Å². The van der Waals surface area contributed by atoms with E-state index in [9.17, 15) is 0 Å². The van der Waals surface area contributed by atoms with E-state index in [-0.39, 0.29) is 27.7 Å². The van der Waals surface area contributed by atoms with Gasteiger partial charge in [0.05, 0.1) is 5.41 Å². The summed E-state index contributed by atoms with van der Waals surface area (Å²) < 4.78 is 0. The molecule has 1 atom stereocenters. The van der Waals surface area contributed by atoms with Crippen molar-refractivity contribution < 1.29 is 0 Å². The molecule has 0 heterocycles. The molecule has 4 rings (SSSR count). The van der Waals surface area contributed by atoms with Crippen LogP contribution in [0.5, 0.6) is 0 Å². The van der Waals surface area contributed by atoms with Gasteiger partial charge in [-0.25, -0.2) is 0 Å². The first-order valence-electron chi connectivity index (χ1n) is 9.86. The number of aryl methyl sites for hydroxylation is 1. The molecule has 1 spiro atoms. The third kappa shape index (κ3) is 3.31. The first kappa shape index (κ1) is 25.9. The molecule has 1 unspecified atom stereocenters. The number of hydrogen-bond donors (Lipinski definition) is 0. The average Bonchev–Trinajstić information content (AvgIpc) is 3.14. The normalized spacial score (nSPS) is 20.9. The van der Waals surface area contributed by atoms with Crippen molar-refractivity contribution in [3.8, 4) is 0 Å². The maximum atomic E-state index is 4.17. The molecule has 0 aromatic heterocycles. The maximum absolute atomic E-state index is 4.17. The van der Waals surface area contributed by atoms with E-state index in [1.54, 1.807) is 0 Å². The van der Waals surface area contributed by atoms with Crippen LogP contribution in [0.3, 0.4) is 0 Å². The predicted molar refractivity (Wildman–Crippen MR) is 142 cm³/mol. The predicted octanol–water partition coefficient (Wildman–Crippen LogP) is 9.25. The molecule has 0 saturated carbocycles. The van der Waals surface area contributed by atoms with Crippen LogP contribution < -0.4 is 0 Å². The maximum Gasteiger partial charge on any atom is 0.0725 e. The van der Waals surface area contributed by atoms with E-state index in [2.05, 4.69) is 101 Å². The standard InChI is InChI=1S/C28H26.3CH4/c1-6-12-24-20(8-3)22-14-10-11-15-26(22)28(24)25(13-7-2)21(9-4)23-17-16-19(5)18-27(23)28;;;/h6-18H,1,4H2,2-3,5H3;3*1H4/b13-7-,20-8-,24-12+;;;. The molecule has 2 aromatic rings. The lowest BCUT2D eigenvalue weighted by molar-refractivity contribution is 0.785. The van der Waals surface area contributed by atoms with Crippen molar-refractivity contribution in [1.82, 2.24) is 0 Å². The van der Waals surface area contributed by atoms with Crippen molar-refractivity contribution in [2.45, 2.75) is 48.5 Å². The minimum atomic E-state index is -0.329. The van der Waals surface area contributed by atoms with Gasteiger partial charge in [0, 0.05) is 0 Å². The van der Waals surface area contributed by atoms with Gasteiger partial charge in [0.25, 0.3) is 0 Å². The number of rotatable bonds is 3. The summed E-state index contributed by atoms with van der Waals surface area (Å²) in [5.41, 5.74) is 11.3. The van der Waals surface area contributed by atoms with Gasteiger partial charge >= 0.3 is 0 Å². The summed E-state index contributed by atoms with van der Waals surface area (Å²) >= 11 is 0. The monoisotopic (exact) mass is 410 g/mol. The average molecular weight is 411 g/mol. The minimum absolute atomic E-state index is 0. The minimum Gasteiger partial charge on any atom is -0.0991 e. The third-order valence-electron chi connectivity index (χ3n) is 5.99. The molecule has 2 aliphatic rings. The summed E-state index contributed by atoms with van der Waals surface area (Å²) in [6, 6.07) is 15.6.